The number of aryl methyl sites for hydroxylation is 1. The van der Waals surface area contributed by atoms with Crippen LogP contribution < -0.4 is 0 Å². The molecule has 2 heterocycles. The first-order valence-corrected chi connectivity index (χ1v) is 7.48. The Balaban J connectivity index is 1.76. The molecule has 0 N–H and O–H groups in total. The number of para-hydroxylation sites is 2. The first kappa shape index (κ1) is 15.4. The van der Waals surface area contributed by atoms with E-state index in [1.165, 1.54) is 18.4 Å². The number of halogens is 3. The van der Waals surface area contributed by atoms with Crippen LogP contribution in [0.4, 0.5) is 13.2 Å². The molecule has 126 valence electrons. The lowest BCUT2D eigenvalue weighted by Crippen LogP contribution is -2.04. The summed E-state index contributed by atoms with van der Waals surface area (Å²) >= 11 is 0. The van der Waals surface area contributed by atoms with Crippen LogP contribution in [0.15, 0.2) is 59.2 Å². The molecule has 0 amide bonds. The summed E-state index contributed by atoms with van der Waals surface area (Å²) in [6.07, 6.45) is -3.01. The molecule has 4 nitrogen and oxygen atoms in total. The van der Waals surface area contributed by atoms with Crippen molar-refractivity contribution in [1.29, 1.82) is 0 Å². The van der Waals surface area contributed by atoms with Gasteiger partial charge in [0, 0.05) is 12.6 Å². The summed E-state index contributed by atoms with van der Waals surface area (Å²) in [4.78, 5) is 8.82. The Morgan fingerprint density at radius 1 is 1.00 bits per heavy atom. The van der Waals surface area contributed by atoms with Crippen molar-refractivity contribution in [3.8, 4) is 23.0 Å². The van der Waals surface area contributed by atoms with Crippen LogP contribution in [0, 0.1) is 0 Å². The molecule has 0 aliphatic carbocycles. The first-order valence-electron chi connectivity index (χ1n) is 7.48. The van der Waals surface area contributed by atoms with Gasteiger partial charge in [-0.15, -0.1) is 0 Å². The number of aromatic nitrogens is 3. The van der Waals surface area contributed by atoms with Gasteiger partial charge in [-0.05, 0) is 30.3 Å². The third kappa shape index (κ3) is 2.67. The quantitative estimate of drug-likeness (QED) is 0.519. The van der Waals surface area contributed by atoms with E-state index < -0.39 is 11.7 Å². The summed E-state index contributed by atoms with van der Waals surface area (Å²) in [5.74, 6) is 0.705. The van der Waals surface area contributed by atoms with Crippen LogP contribution in [0.1, 0.15) is 5.56 Å². The second-order valence-corrected chi connectivity index (χ2v) is 5.60. The largest absolute Gasteiger partial charge is 0.444 e. The van der Waals surface area contributed by atoms with Gasteiger partial charge in [-0.2, -0.15) is 13.2 Å². The molecule has 0 atom stereocenters. The van der Waals surface area contributed by atoms with Crippen molar-refractivity contribution in [2.24, 2.45) is 7.05 Å². The number of imidazole rings is 1. The van der Waals surface area contributed by atoms with Crippen molar-refractivity contribution in [1.82, 2.24) is 14.5 Å². The van der Waals surface area contributed by atoms with E-state index in [4.69, 9.17) is 4.42 Å². The Hall–Kier alpha value is -3.09. The monoisotopic (exact) mass is 343 g/mol. The zero-order chi connectivity index (χ0) is 17.6. The standard InChI is InChI=1S/C18H12F3N3O/c1-24-15-8-3-2-7-13(15)22-16(24)14-10-25-17(23-14)11-5-4-6-12(9-11)18(19,20)21/h2-10H,1H3. The number of nitrogens with zero attached hydrogens (tertiary/aromatic N) is 3. The van der Waals surface area contributed by atoms with Crippen LogP contribution in [-0.2, 0) is 13.2 Å². The third-order valence-corrected chi connectivity index (χ3v) is 3.96. The molecule has 0 unspecified atom stereocenters. The average Bonchev–Trinajstić information content (AvgIpc) is 3.20. The lowest BCUT2D eigenvalue weighted by molar-refractivity contribution is -0.137. The highest BCUT2D eigenvalue weighted by Gasteiger charge is 2.30. The molecule has 0 aliphatic rings. The molecule has 0 bridgehead atoms. The van der Waals surface area contributed by atoms with E-state index in [-0.39, 0.29) is 11.5 Å². The van der Waals surface area contributed by atoms with E-state index in [1.54, 1.807) is 0 Å². The van der Waals surface area contributed by atoms with Crippen LogP contribution in [0.25, 0.3) is 34.0 Å². The van der Waals surface area contributed by atoms with E-state index in [2.05, 4.69) is 9.97 Å². The lowest BCUT2D eigenvalue weighted by Gasteiger charge is -2.06. The topological polar surface area (TPSA) is 43.9 Å². The minimum absolute atomic E-state index is 0.119. The molecule has 2 aromatic carbocycles. The third-order valence-electron chi connectivity index (χ3n) is 3.96. The highest BCUT2D eigenvalue weighted by atomic mass is 19.4. The van der Waals surface area contributed by atoms with Gasteiger partial charge in [-0.3, -0.25) is 0 Å². The lowest BCUT2D eigenvalue weighted by atomic mass is 10.1. The zero-order valence-electron chi connectivity index (χ0n) is 13.1. The Kier molecular flexibility index (Phi) is 3.38. The predicted octanol–water partition coefficient (Wildman–Crippen LogP) is 4.91. The molecule has 0 radical (unpaired) electrons. The second kappa shape index (κ2) is 5.47. The summed E-state index contributed by atoms with van der Waals surface area (Å²) in [6.45, 7) is 0. The number of hydrogen-bond acceptors (Lipinski definition) is 3. The van der Waals surface area contributed by atoms with Crippen molar-refractivity contribution >= 4 is 11.0 Å². The summed E-state index contributed by atoms with van der Waals surface area (Å²) in [5.41, 5.74) is 1.73. The SMILES string of the molecule is Cn1c(-c2coc(-c3cccc(C(F)(F)F)c3)n2)nc2ccccc21. The molecule has 0 spiro atoms. The normalized spacial score (nSPS) is 12.0. The average molecular weight is 343 g/mol. The van der Waals surface area contributed by atoms with Gasteiger partial charge in [-0.1, -0.05) is 18.2 Å². The molecule has 7 heteroatoms. The van der Waals surface area contributed by atoms with Crippen LogP contribution in [0.3, 0.4) is 0 Å². The van der Waals surface area contributed by atoms with Crippen LogP contribution in [-0.4, -0.2) is 14.5 Å². The molecule has 0 fully saturated rings. The summed E-state index contributed by atoms with van der Waals surface area (Å²) < 4.78 is 45.8. The number of benzene rings is 2. The molecule has 0 saturated carbocycles. The summed E-state index contributed by atoms with van der Waals surface area (Å²) in [7, 11) is 1.85. The van der Waals surface area contributed by atoms with Gasteiger partial charge in [-0.25, -0.2) is 9.97 Å². The van der Waals surface area contributed by atoms with Crippen molar-refractivity contribution < 1.29 is 17.6 Å². The Labute approximate surface area is 140 Å². The Bertz CT molecular complexity index is 1060. The number of hydrogen-bond donors (Lipinski definition) is 0. The van der Waals surface area contributed by atoms with Gasteiger partial charge in [0.25, 0.3) is 0 Å². The minimum atomic E-state index is -4.41. The van der Waals surface area contributed by atoms with Gasteiger partial charge in [0.1, 0.15) is 12.0 Å². The van der Waals surface area contributed by atoms with Crippen molar-refractivity contribution in [2.45, 2.75) is 6.18 Å². The van der Waals surface area contributed by atoms with Crippen molar-refractivity contribution in [3.63, 3.8) is 0 Å². The molecule has 4 aromatic rings. The number of oxazole rings is 1. The van der Waals surface area contributed by atoms with E-state index >= 15 is 0 Å². The van der Waals surface area contributed by atoms with E-state index in [0.717, 1.165) is 23.2 Å². The van der Waals surface area contributed by atoms with Gasteiger partial charge < -0.3 is 8.98 Å². The van der Waals surface area contributed by atoms with Crippen LogP contribution >= 0.6 is 0 Å². The molecule has 2 aromatic heterocycles. The zero-order valence-corrected chi connectivity index (χ0v) is 13.1. The van der Waals surface area contributed by atoms with Crippen LogP contribution in [0.2, 0.25) is 0 Å². The number of alkyl halides is 3. The fraction of sp³-hybridized carbons (Fsp3) is 0.111. The predicted molar refractivity (Wildman–Crippen MR) is 86.6 cm³/mol. The molecular formula is C18H12F3N3O. The van der Waals surface area contributed by atoms with E-state index in [1.807, 2.05) is 35.9 Å². The van der Waals surface area contributed by atoms with Crippen molar-refractivity contribution in [3.05, 3.63) is 60.4 Å². The Morgan fingerprint density at radius 2 is 1.80 bits per heavy atom. The van der Waals surface area contributed by atoms with E-state index in [9.17, 15) is 13.2 Å². The van der Waals surface area contributed by atoms with Gasteiger partial charge in [0.05, 0.1) is 16.6 Å². The molecule has 25 heavy (non-hydrogen) atoms. The fourth-order valence-electron chi connectivity index (χ4n) is 2.71. The van der Waals surface area contributed by atoms with Gasteiger partial charge >= 0.3 is 6.18 Å². The molecule has 0 aliphatic heterocycles. The maximum Gasteiger partial charge on any atom is 0.416 e. The smallest absolute Gasteiger partial charge is 0.416 e. The second-order valence-electron chi connectivity index (χ2n) is 5.60. The highest BCUT2D eigenvalue weighted by molar-refractivity contribution is 5.79. The van der Waals surface area contributed by atoms with Crippen LogP contribution in [0.5, 0.6) is 0 Å². The molecule has 0 saturated heterocycles. The molecule has 4 rings (SSSR count). The molecular weight excluding hydrogens is 331 g/mol. The van der Waals surface area contributed by atoms with Gasteiger partial charge in [0.15, 0.2) is 5.82 Å². The Morgan fingerprint density at radius 3 is 2.56 bits per heavy atom. The highest BCUT2D eigenvalue weighted by Crippen LogP contribution is 2.33. The maximum absolute atomic E-state index is 12.9. The van der Waals surface area contributed by atoms with Gasteiger partial charge in [0.2, 0.25) is 5.89 Å². The fourth-order valence-corrected chi connectivity index (χ4v) is 2.71. The summed E-state index contributed by atoms with van der Waals surface area (Å²) in [6, 6.07) is 12.5. The maximum atomic E-state index is 12.9. The number of fused-ring (bicyclic) bond motifs is 1. The first-order chi connectivity index (χ1) is 11.9. The minimum Gasteiger partial charge on any atom is -0.444 e. The summed E-state index contributed by atoms with van der Waals surface area (Å²) in [5, 5.41) is 0. The van der Waals surface area contributed by atoms with Crippen molar-refractivity contribution in [2.75, 3.05) is 0 Å². The van der Waals surface area contributed by atoms with E-state index in [0.29, 0.717) is 11.5 Å². The number of rotatable bonds is 2.